The minimum atomic E-state index is 0.0426. The number of hydrogen-bond donors (Lipinski definition) is 2. The quantitative estimate of drug-likeness (QED) is 0.723. The summed E-state index contributed by atoms with van der Waals surface area (Å²) in [4.78, 5) is 23.3. The van der Waals surface area contributed by atoms with Gasteiger partial charge < -0.3 is 10.3 Å². The SMILES string of the molecule is Cc1nc2ccc(CNC(=O)CCCn3cncn3)cc2[nH]1. The van der Waals surface area contributed by atoms with Crippen LogP contribution < -0.4 is 5.32 Å². The molecule has 0 bridgehead atoms. The maximum Gasteiger partial charge on any atom is 0.220 e. The summed E-state index contributed by atoms with van der Waals surface area (Å²) >= 11 is 0. The normalized spacial score (nSPS) is 11.0. The standard InChI is InChI=1S/C15H18N6O/c1-11-19-13-5-4-12(7-14(13)20-11)8-17-15(22)3-2-6-21-10-16-9-18-21/h4-5,7,9-10H,2-3,6,8H2,1H3,(H,17,22)(H,19,20). The number of nitrogens with zero attached hydrogens (tertiary/aromatic N) is 4. The summed E-state index contributed by atoms with van der Waals surface area (Å²) < 4.78 is 1.72. The number of carbonyl (C=O) groups excluding carboxylic acids is 1. The third-order valence-corrected chi connectivity index (χ3v) is 3.41. The van der Waals surface area contributed by atoms with E-state index in [1.165, 1.54) is 6.33 Å². The van der Waals surface area contributed by atoms with Gasteiger partial charge in [-0.1, -0.05) is 6.07 Å². The van der Waals surface area contributed by atoms with Crippen LogP contribution in [0.5, 0.6) is 0 Å². The number of nitrogens with one attached hydrogen (secondary N) is 2. The maximum absolute atomic E-state index is 11.8. The number of H-pyrrole nitrogens is 1. The Hall–Kier alpha value is -2.70. The van der Waals surface area contributed by atoms with Crippen LogP contribution in [0, 0.1) is 6.92 Å². The van der Waals surface area contributed by atoms with Crippen LogP contribution in [-0.2, 0) is 17.9 Å². The number of imidazole rings is 1. The van der Waals surface area contributed by atoms with Crippen molar-refractivity contribution in [3.63, 3.8) is 0 Å². The first-order valence-electron chi connectivity index (χ1n) is 7.25. The summed E-state index contributed by atoms with van der Waals surface area (Å²) in [6.45, 7) is 3.15. The molecule has 0 radical (unpaired) electrons. The van der Waals surface area contributed by atoms with E-state index < -0.39 is 0 Å². The van der Waals surface area contributed by atoms with Gasteiger partial charge in [0.15, 0.2) is 0 Å². The van der Waals surface area contributed by atoms with Crippen LogP contribution in [0.2, 0.25) is 0 Å². The summed E-state index contributed by atoms with van der Waals surface area (Å²) in [6.07, 6.45) is 4.37. The second kappa shape index (κ2) is 6.38. The molecule has 0 fully saturated rings. The van der Waals surface area contributed by atoms with Gasteiger partial charge in [0.2, 0.25) is 5.91 Å². The molecule has 0 unspecified atom stereocenters. The fourth-order valence-corrected chi connectivity index (χ4v) is 2.33. The van der Waals surface area contributed by atoms with Crippen LogP contribution in [0.15, 0.2) is 30.9 Å². The lowest BCUT2D eigenvalue weighted by Crippen LogP contribution is -2.22. The van der Waals surface area contributed by atoms with E-state index in [2.05, 4.69) is 25.4 Å². The van der Waals surface area contributed by atoms with Crippen molar-refractivity contribution >= 4 is 16.9 Å². The Morgan fingerprint density at radius 3 is 3.14 bits per heavy atom. The molecule has 114 valence electrons. The molecule has 0 atom stereocenters. The van der Waals surface area contributed by atoms with E-state index in [4.69, 9.17) is 0 Å². The maximum atomic E-state index is 11.8. The molecular formula is C15H18N6O. The lowest BCUT2D eigenvalue weighted by Gasteiger charge is -2.05. The fraction of sp³-hybridized carbons (Fsp3) is 0.333. The van der Waals surface area contributed by atoms with Gasteiger partial charge in [-0.3, -0.25) is 9.48 Å². The predicted molar refractivity (Wildman–Crippen MR) is 81.9 cm³/mol. The number of rotatable bonds is 6. The minimum absolute atomic E-state index is 0.0426. The Labute approximate surface area is 127 Å². The Balaban J connectivity index is 1.47. The number of fused-ring (bicyclic) bond motifs is 1. The molecule has 2 aromatic heterocycles. The number of benzene rings is 1. The molecule has 2 heterocycles. The van der Waals surface area contributed by atoms with Gasteiger partial charge in [-0.25, -0.2) is 9.97 Å². The average molecular weight is 298 g/mol. The van der Waals surface area contributed by atoms with Crippen LogP contribution in [0.1, 0.15) is 24.2 Å². The highest BCUT2D eigenvalue weighted by Gasteiger charge is 2.04. The van der Waals surface area contributed by atoms with Crippen molar-refractivity contribution in [3.8, 4) is 0 Å². The van der Waals surface area contributed by atoms with E-state index in [1.54, 1.807) is 11.0 Å². The summed E-state index contributed by atoms with van der Waals surface area (Å²) in [5.74, 6) is 0.935. The van der Waals surface area contributed by atoms with Crippen molar-refractivity contribution in [3.05, 3.63) is 42.2 Å². The first-order valence-corrected chi connectivity index (χ1v) is 7.25. The van der Waals surface area contributed by atoms with E-state index >= 15 is 0 Å². The van der Waals surface area contributed by atoms with Crippen molar-refractivity contribution in [2.45, 2.75) is 32.9 Å². The second-order valence-corrected chi connectivity index (χ2v) is 5.21. The molecule has 0 spiro atoms. The van der Waals surface area contributed by atoms with Gasteiger partial charge in [0.25, 0.3) is 0 Å². The fourth-order valence-electron chi connectivity index (χ4n) is 2.33. The molecule has 22 heavy (non-hydrogen) atoms. The highest BCUT2D eigenvalue weighted by Crippen LogP contribution is 2.13. The van der Waals surface area contributed by atoms with Gasteiger partial charge >= 0.3 is 0 Å². The lowest BCUT2D eigenvalue weighted by atomic mass is 10.2. The Morgan fingerprint density at radius 1 is 1.41 bits per heavy atom. The van der Waals surface area contributed by atoms with E-state index in [0.29, 0.717) is 19.5 Å². The lowest BCUT2D eigenvalue weighted by molar-refractivity contribution is -0.121. The highest BCUT2D eigenvalue weighted by molar-refractivity contribution is 5.77. The highest BCUT2D eigenvalue weighted by atomic mass is 16.1. The number of aryl methyl sites for hydroxylation is 2. The van der Waals surface area contributed by atoms with Gasteiger partial charge in [0.1, 0.15) is 18.5 Å². The Kier molecular flexibility index (Phi) is 4.13. The zero-order valence-corrected chi connectivity index (χ0v) is 12.4. The first-order chi connectivity index (χ1) is 10.7. The van der Waals surface area contributed by atoms with Gasteiger partial charge in [0, 0.05) is 19.5 Å². The number of carbonyl (C=O) groups is 1. The molecule has 2 N–H and O–H groups in total. The molecular weight excluding hydrogens is 280 g/mol. The van der Waals surface area contributed by atoms with Crippen LogP contribution in [0.3, 0.4) is 0 Å². The number of aromatic nitrogens is 5. The summed E-state index contributed by atoms with van der Waals surface area (Å²) in [6, 6.07) is 5.97. The molecule has 0 saturated carbocycles. The smallest absolute Gasteiger partial charge is 0.220 e. The second-order valence-electron chi connectivity index (χ2n) is 5.21. The number of aromatic amines is 1. The first kappa shape index (κ1) is 14.2. The van der Waals surface area contributed by atoms with E-state index in [9.17, 15) is 4.79 Å². The van der Waals surface area contributed by atoms with Crippen LogP contribution in [-0.4, -0.2) is 30.6 Å². The van der Waals surface area contributed by atoms with Crippen LogP contribution in [0.25, 0.3) is 11.0 Å². The van der Waals surface area contributed by atoms with Crippen molar-refractivity contribution in [1.82, 2.24) is 30.0 Å². The zero-order valence-electron chi connectivity index (χ0n) is 12.4. The molecule has 0 aliphatic heterocycles. The Bertz CT molecular complexity index is 762. The molecule has 3 aromatic rings. The van der Waals surface area contributed by atoms with Gasteiger partial charge in [-0.2, -0.15) is 5.10 Å². The molecule has 1 aromatic carbocycles. The van der Waals surface area contributed by atoms with E-state index in [0.717, 1.165) is 28.8 Å². The topological polar surface area (TPSA) is 88.5 Å². The molecule has 3 rings (SSSR count). The third-order valence-electron chi connectivity index (χ3n) is 3.41. The predicted octanol–water partition coefficient (Wildman–Crippen LogP) is 1.56. The third kappa shape index (κ3) is 3.49. The molecule has 0 aliphatic rings. The molecule has 0 saturated heterocycles. The van der Waals surface area contributed by atoms with Crippen molar-refractivity contribution in [1.29, 1.82) is 0 Å². The van der Waals surface area contributed by atoms with Crippen LogP contribution >= 0.6 is 0 Å². The largest absolute Gasteiger partial charge is 0.352 e. The van der Waals surface area contributed by atoms with E-state index in [-0.39, 0.29) is 5.91 Å². The monoisotopic (exact) mass is 298 g/mol. The van der Waals surface area contributed by atoms with Gasteiger partial charge in [0.05, 0.1) is 11.0 Å². The minimum Gasteiger partial charge on any atom is -0.352 e. The molecule has 1 amide bonds. The average Bonchev–Trinajstić information content (AvgIpc) is 3.12. The molecule has 7 nitrogen and oxygen atoms in total. The molecule has 0 aliphatic carbocycles. The van der Waals surface area contributed by atoms with Gasteiger partial charge in [-0.05, 0) is 31.0 Å². The van der Waals surface area contributed by atoms with Gasteiger partial charge in [-0.15, -0.1) is 0 Å². The summed E-state index contributed by atoms with van der Waals surface area (Å²) in [5, 5.41) is 6.93. The summed E-state index contributed by atoms with van der Waals surface area (Å²) in [5.41, 5.74) is 3.00. The number of hydrogen-bond acceptors (Lipinski definition) is 4. The van der Waals surface area contributed by atoms with Crippen LogP contribution in [0.4, 0.5) is 0 Å². The van der Waals surface area contributed by atoms with Crippen molar-refractivity contribution < 1.29 is 4.79 Å². The number of amides is 1. The Morgan fingerprint density at radius 2 is 2.32 bits per heavy atom. The zero-order chi connectivity index (χ0) is 15.4. The van der Waals surface area contributed by atoms with Crippen molar-refractivity contribution in [2.75, 3.05) is 0 Å². The molecule has 7 heteroatoms. The van der Waals surface area contributed by atoms with Crippen molar-refractivity contribution in [2.24, 2.45) is 0 Å². The summed E-state index contributed by atoms with van der Waals surface area (Å²) in [7, 11) is 0. The van der Waals surface area contributed by atoms with E-state index in [1.807, 2.05) is 25.1 Å².